The Labute approximate surface area is 327 Å². The number of rotatable bonds is 6. The second-order valence-corrected chi connectivity index (χ2v) is 16.3. The summed E-state index contributed by atoms with van der Waals surface area (Å²) >= 11 is 3.79. The van der Waals surface area contributed by atoms with Crippen LogP contribution in [0.5, 0.6) is 0 Å². The Hall–Kier alpha value is -6.52. The SMILES string of the molecule is c1ccc(-c2ccc(N(c3ccc(-c4ccccc4)cc3)c3cccc(-c4ccc5sc6ccc7ccc8sc9ccccc9c8c7c6c5c4)c3)cc2)cc1. The van der Waals surface area contributed by atoms with E-state index in [1.807, 2.05) is 22.7 Å². The minimum atomic E-state index is 1.11. The second kappa shape index (κ2) is 13.1. The van der Waals surface area contributed by atoms with Crippen molar-refractivity contribution in [1.29, 1.82) is 0 Å². The molecule has 11 rings (SSSR count). The Kier molecular flexibility index (Phi) is 7.61. The average Bonchev–Trinajstić information content (AvgIpc) is 3.83. The third-order valence-corrected chi connectivity index (χ3v) is 13.1. The molecule has 2 heterocycles. The van der Waals surface area contributed by atoms with E-state index in [1.54, 1.807) is 0 Å². The van der Waals surface area contributed by atoms with Crippen molar-refractivity contribution < 1.29 is 0 Å². The number of hydrogen-bond acceptors (Lipinski definition) is 3. The summed E-state index contributed by atoms with van der Waals surface area (Å²) in [5.41, 5.74) is 10.6. The Bertz CT molecular complexity index is 3090. The van der Waals surface area contributed by atoms with E-state index < -0.39 is 0 Å². The Balaban J connectivity index is 1.06. The normalized spacial score (nSPS) is 11.6. The molecule has 55 heavy (non-hydrogen) atoms. The molecule has 9 aromatic carbocycles. The molecule has 3 heteroatoms. The van der Waals surface area contributed by atoms with Gasteiger partial charge in [0.1, 0.15) is 0 Å². The Morgan fingerprint density at radius 1 is 0.273 bits per heavy atom. The summed E-state index contributed by atoms with van der Waals surface area (Å²) < 4.78 is 5.34. The number of hydrogen-bond donors (Lipinski definition) is 0. The first-order chi connectivity index (χ1) is 27.2. The largest absolute Gasteiger partial charge is 0.310 e. The van der Waals surface area contributed by atoms with Crippen LogP contribution in [0.2, 0.25) is 0 Å². The van der Waals surface area contributed by atoms with Crippen molar-refractivity contribution >= 4 is 90.9 Å². The summed E-state index contributed by atoms with van der Waals surface area (Å²) in [7, 11) is 0. The zero-order chi connectivity index (χ0) is 36.3. The molecule has 0 fully saturated rings. The fourth-order valence-electron chi connectivity index (χ4n) is 8.22. The van der Waals surface area contributed by atoms with Crippen LogP contribution in [-0.2, 0) is 0 Å². The first kappa shape index (κ1) is 32.0. The van der Waals surface area contributed by atoms with E-state index in [0.29, 0.717) is 0 Å². The molecule has 0 atom stereocenters. The van der Waals surface area contributed by atoms with E-state index in [-0.39, 0.29) is 0 Å². The average molecular weight is 736 g/mol. The summed E-state index contributed by atoms with van der Waals surface area (Å²) in [6.45, 7) is 0. The molecule has 0 aliphatic rings. The van der Waals surface area contributed by atoms with Crippen LogP contribution in [0.4, 0.5) is 17.1 Å². The molecule has 0 radical (unpaired) electrons. The van der Waals surface area contributed by atoms with Gasteiger partial charge in [0.25, 0.3) is 0 Å². The van der Waals surface area contributed by atoms with Gasteiger partial charge in [-0.1, -0.05) is 133 Å². The summed E-state index contributed by atoms with van der Waals surface area (Å²) in [6, 6.07) is 73.2. The van der Waals surface area contributed by atoms with Gasteiger partial charge < -0.3 is 4.90 Å². The van der Waals surface area contributed by atoms with Crippen molar-refractivity contribution in [2.24, 2.45) is 0 Å². The molecule has 258 valence electrons. The number of fused-ring (bicyclic) bond motifs is 9. The van der Waals surface area contributed by atoms with E-state index in [0.717, 1.165) is 17.1 Å². The maximum atomic E-state index is 2.42. The van der Waals surface area contributed by atoms with Gasteiger partial charge in [0.05, 0.1) is 0 Å². The Morgan fingerprint density at radius 2 is 0.745 bits per heavy atom. The zero-order valence-electron chi connectivity index (χ0n) is 29.8. The fraction of sp³-hybridized carbons (Fsp3) is 0. The number of nitrogens with zero attached hydrogens (tertiary/aromatic N) is 1. The van der Waals surface area contributed by atoms with Crippen LogP contribution in [0, 0.1) is 0 Å². The topological polar surface area (TPSA) is 3.24 Å². The molecule has 0 unspecified atom stereocenters. The van der Waals surface area contributed by atoms with Crippen LogP contribution in [0.25, 0.3) is 84.5 Å². The van der Waals surface area contributed by atoms with Gasteiger partial charge in [-0.2, -0.15) is 0 Å². The first-order valence-electron chi connectivity index (χ1n) is 18.7. The minimum absolute atomic E-state index is 1.11. The van der Waals surface area contributed by atoms with Crippen molar-refractivity contribution in [3.63, 3.8) is 0 Å². The lowest BCUT2D eigenvalue weighted by Crippen LogP contribution is -2.10. The summed E-state index contributed by atoms with van der Waals surface area (Å²) in [5.74, 6) is 0. The van der Waals surface area contributed by atoms with E-state index in [9.17, 15) is 0 Å². The Morgan fingerprint density at radius 3 is 1.38 bits per heavy atom. The van der Waals surface area contributed by atoms with E-state index in [4.69, 9.17) is 0 Å². The molecular formula is C52H33NS2. The van der Waals surface area contributed by atoms with Crippen LogP contribution in [0.15, 0.2) is 200 Å². The van der Waals surface area contributed by atoms with Gasteiger partial charge in [-0.3, -0.25) is 0 Å². The van der Waals surface area contributed by atoms with Gasteiger partial charge in [-0.05, 0) is 105 Å². The van der Waals surface area contributed by atoms with E-state index in [2.05, 4.69) is 205 Å². The van der Waals surface area contributed by atoms with Crippen LogP contribution in [-0.4, -0.2) is 0 Å². The van der Waals surface area contributed by atoms with Gasteiger partial charge in [-0.15, -0.1) is 22.7 Å². The lowest BCUT2D eigenvalue weighted by Gasteiger charge is -2.26. The van der Waals surface area contributed by atoms with E-state index in [1.165, 1.54) is 84.5 Å². The van der Waals surface area contributed by atoms with E-state index >= 15 is 0 Å². The summed E-state index contributed by atoms with van der Waals surface area (Å²) in [6.07, 6.45) is 0. The lowest BCUT2D eigenvalue weighted by atomic mass is 9.97. The molecule has 0 amide bonds. The molecule has 0 spiro atoms. The predicted octanol–water partition coefficient (Wildman–Crippen LogP) is 16.0. The summed E-state index contributed by atoms with van der Waals surface area (Å²) in [4.78, 5) is 2.37. The number of anilines is 3. The fourth-order valence-corrected chi connectivity index (χ4v) is 10.4. The van der Waals surface area contributed by atoms with Gasteiger partial charge in [-0.25, -0.2) is 0 Å². The highest BCUT2D eigenvalue weighted by atomic mass is 32.1. The maximum absolute atomic E-state index is 2.42. The van der Waals surface area contributed by atoms with Crippen molar-refractivity contribution in [2.45, 2.75) is 0 Å². The highest BCUT2D eigenvalue weighted by Crippen LogP contribution is 2.46. The van der Waals surface area contributed by atoms with Crippen LogP contribution in [0.1, 0.15) is 0 Å². The molecule has 0 bridgehead atoms. The van der Waals surface area contributed by atoms with Gasteiger partial charge in [0.15, 0.2) is 0 Å². The second-order valence-electron chi connectivity index (χ2n) is 14.1. The van der Waals surface area contributed by atoms with Gasteiger partial charge in [0, 0.05) is 62.8 Å². The molecule has 0 saturated carbocycles. The molecule has 0 N–H and O–H groups in total. The highest BCUT2D eigenvalue weighted by Gasteiger charge is 2.18. The molecular weight excluding hydrogens is 703 g/mol. The first-order valence-corrected chi connectivity index (χ1v) is 20.3. The standard InChI is InChI=1S/C52H33NS2/c1-3-10-34(11-4-1)36-18-25-41(26-19-36)53(42-27-20-37(21-28-42)35-12-5-2-6-13-35)43-15-9-14-39(32-43)40-24-29-47-45(33-40)52-49(55-47)31-23-38-22-30-48-51(50(38)52)44-16-7-8-17-46(44)54-48/h1-33H. The van der Waals surface area contributed by atoms with Crippen molar-refractivity contribution in [1.82, 2.24) is 0 Å². The number of thiophene rings is 2. The third kappa shape index (κ3) is 5.51. The summed E-state index contributed by atoms with van der Waals surface area (Å²) in [5, 5.41) is 8.07. The van der Waals surface area contributed by atoms with Gasteiger partial charge in [0.2, 0.25) is 0 Å². The molecule has 0 aliphatic heterocycles. The lowest BCUT2D eigenvalue weighted by molar-refractivity contribution is 1.28. The zero-order valence-corrected chi connectivity index (χ0v) is 31.4. The van der Waals surface area contributed by atoms with Crippen molar-refractivity contribution in [3.8, 4) is 33.4 Å². The predicted molar refractivity (Wildman–Crippen MR) is 241 cm³/mol. The smallest absolute Gasteiger partial charge is 0.0467 e. The minimum Gasteiger partial charge on any atom is -0.310 e. The van der Waals surface area contributed by atoms with Crippen LogP contribution in [0.3, 0.4) is 0 Å². The molecule has 2 aromatic heterocycles. The quantitative estimate of drug-likeness (QED) is 0.164. The molecule has 11 aromatic rings. The number of benzene rings is 9. The molecule has 0 saturated heterocycles. The highest BCUT2D eigenvalue weighted by molar-refractivity contribution is 7.27. The maximum Gasteiger partial charge on any atom is 0.0467 e. The van der Waals surface area contributed by atoms with Crippen molar-refractivity contribution in [3.05, 3.63) is 200 Å². The van der Waals surface area contributed by atoms with Crippen molar-refractivity contribution in [2.75, 3.05) is 4.90 Å². The molecule has 1 nitrogen and oxygen atoms in total. The monoisotopic (exact) mass is 735 g/mol. The van der Waals surface area contributed by atoms with Crippen LogP contribution >= 0.6 is 22.7 Å². The molecule has 0 aliphatic carbocycles. The van der Waals surface area contributed by atoms with Gasteiger partial charge >= 0.3 is 0 Å². The third-order valence-electron chi connectivity index (χ3n) is 10.9. The van der Waals surface area contributed by atoms with Crippen LogP contribution < -0.4 is 4.90 Å².